The number of guanidine groups is 1. The van der Waals surface area contributed by atoms with Crippen molar-refractivity contribution in [3.05, 3.63) is 10.1 Å². The minimum absolute atomic E-state index is 0.173. The number of primary amides is 1. The molecular formula is C15H24F6N8O8. The van der Waals surface area contributed by atoms with Gasteiger partial charge >= 0.3 is 24.3 Å². The molecule has 1 saturated heterocycles. The molecule has 0 radical (unpaired) electrons. The number of carboxylic acid groups (broad SMARTS) is 2. The molecule has 0 aromatic heterocycles. The van der Waals surface area contributed by atoms with Crippen LogP contribution in [0.3, 0.4) is 0 Å². The highest BCUT2D eigenvalue weighted by atomic mass is 19.4. The van der Waals surface area contributed by atoms with Crippen molar-refractivity contribution < 1.29 is 60.8 Å². The van der Waals surface area contributed by atoms with E-state index in [1.165, 1.54) is 4.90 Å². The molecule has 214 valence electrons. The number of carbonyl (C=O) groups excluding carboxylic acids is 2. The molecule has 0 bridgehead atoms. The summed E-state index contributed by atoms with van der Waals surface area (Å²) in [6.07, 6.45) is -9.17. The van der Waals surface area contributed by atoms with Crippen LogP contribution in [0.4, 0.5) is 26.3 Å². The molecule has 1 aliphatic heterocycles. The molecular weight excluding hydrogens is 534 g/mol. The van der Waals surface area contributed by atoms with Crippen LogP contribution in [-0.4, -0.2) is 93.4 Å². The van der Waals surface area contributed by atoms with Crippen molar-refractivity contribution in [3.63, 3.8) is 0 Å². The number of nitrogens with zero attached hydrogens (tertiary/aromatic N) is 3. The molecule has 1 aliphatic rings. The highest BCUT2D eigenvalue weighted by molar-refractivity contribution is 5.89. The summed E-state index contributed by atoms with van der Waals surface area (Å²) in [7, 11) is 0. The molecule has 1 rings (SSSR count). The van der Waals surface area contributed by atoms with Gasteiger partial charge in [-0.2, -0.15) is 26.3 Å². The minimum atomic E-state index is -5.08. The Bertz CT molecular complexity index is 830. The topological polar surface area (TPSA) is 284 Å². The SMILES string of the molecule is NC(=O)[C@@H]1C[C@H](N)CN1C(=O)[C@H](N)CCCN=C(N)N[N+](=O)[O-].O=C(O)C(F)(F)F.O=C(O)C(F)(F)F. The number of hydrogen-bond donors (Lipinski definition) is 7. The number of carbonyl (C=O) groups is 4. The number of halogens is 6. The summed E-state index contributed by atoms with van der Waals surface area (Å²) in [5.74, 6) is -6.85. The van der Waals surface area contributed by atoms with E-state index in [1.807, 2.05) is 0 Å². The Morgan fingerprint density at radius 3 is 1.86 bits per heavy atom. The number of rotatable bonds is 7. The van der Waals surface area contributed by atoms with Gasteiger partial charge in [-0.05, 0) is 19.3 Å². The number of amides is 2. The zero-order chi connectivity index (χ0) is 29.7. The number of alkyl halides is 6. The van der Waals surface area contributed by atoms with Gasteiger partial charge in [0.1, 0.15) is 6.04 Å². The number of likely N-dealkylation sites (tertiary alicyclic amines) is 1. The van der Waals surface area contributed by atoms with Gasteiger partial charge < -0.3 is 38.0 Å². The van der Waals surface area contributed by atoms with Crippen molar-refractivity contribution in [2.45, 2.75) is 49.7 Å². The predicted octanol–water partition coefficient (Wildman–Crippen LogP) is -2.13. The molecule has 0 aliphatic carbocycles. The summed E-state index contributed by atoms with van der Waals surface area (Å²) in [5, 5.41) is 23.5. The Labute approximate surface area is 202 Å². The van der Waals surface area contributed by atoms with Crippen LogP contribution in [0.5, 0.6) is 0 Å². The first-order chi connectivity index (χ1) is 16.6. The van der Waals surface area contributed by atoms with E-state index in [-0.39, 0.29) is 31.5 Å². The fourth-order valence-electron chi connectivity index (χ4n) is 2.36. The molecule has 0 unspecified atom stereocenters. The van der Waals surface area contributed by atoms with E-state index in [0.29, 0.717) is 12.8 Å². The molecule has 22 heteroatoms. The van der Waals surface area contributed by atoms with E-state index >= 15 is 0 Å². The van der Waals surface area contributed by atoms with Crippen LogP contribution in [-0.2, 0) is 19.2 Å². The summed E-state index contributed by atoms with van der Waals surface area (Å²) in [5.41, 5.74) is 23.8. The maximum atomic E-state index is 12.3. The fourth-order valence-corrected chi connectivity index (χ4v) is 2.36. The average molecular weight is 558 g/mol. The van der Waals surface area contributed by atoms with Crippen molar-refractivity contribution in [2.75, 3.05) is 13.1 Å². The van der Waals surface area contributed by atoms with E-state index in [9.17, 15) is 46.0 Å². The second-order valence-corrected chi connectivity index (χ2v) is 6.89. The van der Waals surface area contributed by atoms with Gasteiger partial charge in [0, 0.05) is 19.1 Å². The Morgan fingerprint density at radius 2 is 1.51 bits per heavy atom. The van der Waals surface area contributed by atoms with Crippen LogP contribution in [0, 0.1) is 10.1 Å². The first kappa shape index (κ1) is 35.2. The van der Waals surface area contributed by atoms with Crippen LogP contribution in [0.2, 0.25) is 0 Å². The summed E-state index contributed by atoms with van der Waals surface area (Å²) < 4.78 is 63.5. The van der Waals surface area contributed by atoms with E-state index in [2.05, 4.69) is 4.99 Å². The Morgan fingerprint density at radius 1 is 1.08 bits per heavy atom. The van der Waals surface area contributed by atoms with Crippen molar-refractivity contribution in [1.82, 2.24) is 10.3 Å². The fraction of sp³-hybridized carbons (Fsp3) is 0.667. The third kappa shape index (κ3) is 15.6. The molecule has 1 heterocycles. The second-order valence-electron chi connectivity index (χ2n) is 6.89. The number of aliphatic imine (C=N–C) groups is 1. The quantitative estimate of drug-likeness (QED) is 0.0440. The van der Waals surface area contributed by atoms with Gasteiger partial charge in [0.25, 0.3) is 5.96 Å². The maximum Gasteiger partial charge on any atom is 0.490 e. The van der Waals surface area contributed by atoms with Crippen molar-refractivity contribution >= 4 is 29.7 Å². The number of hydrazine groups is 1. The third-order valence-electron chi connectivity index (χ3n) is 3.91. The summed E-state index contributed by atoms with van der Waals surface area (Å²) >= 11 is 0. The molecule has 37 heavy (non-hydrogen) atoms. The van der Waals surface area contributed by atoms with Gasteiger partial charge in [-0.15, -0.1) is 0 Å². The number of carboxylic acids is 2. The molecule has 11 N–H and O–H groups in total. The van der Waals surface area contributed by atoms with Crippen molar-refractivity contribution in [3.8, 4) is 0 Å². The standard InChI is InChI=1S/C11H22N8O4.2C2HF3O2/c12-6-4-8(9(14)20)18(5-6)10(21)7(13)2-1-3-16-11(15)17-19(22)23;2*3-2(4,5)1(6)7/h6-8H,1-5,12-13H2,(H2,14,20)(H3,15,16,17);2*(H,6,7)/t6-,7+,8-;;/m0../s1. The van der Waals surface area contributed by atoms with Gasteiger partial charge in [0.2, 0.25) is 11.8 Å². The highest BCUT2D eigenvalue weighted by Gasteiger charge is 2.39. The number of nitrogens with one attached hydrogen (secondary N) is 1. The Kier molecular flexibility index (Phi) is 14.5. The summed E-state index contributed by atoms with van der Waals surface area (Å²) in [6.45, 7) is 0.407. The molecule has 0 spiro atoms. The largest absolute Gasteiger partial charge is 0.490 e. The van der Waals surface area contributed by atoms with Gasteiger partial charge in [-0.25, -0.2) is 24.7 Å². The van der Waals surface area contributed by atoms with E-state index in [0.717, 1.165) is 0 Å². The molecule has 2 amide bonds. The second kappa shape index (κ2) is 15.2. The lowest BCUT2D eigenvalue weighted by Crippen LogP contribution is -2.50. The maximum absolute atomic E-state index is 12.3. The van der Waals surface area contributed by atoms with Crippen LogP contribution >= 0.6 is 0 Å². The first-order valence-corrected chi connectivity index (χ1v) is 9.53. The molecule has 1 fully saturated rings. The van der Waals surface area contributed by atoms with E-state index < -0.39 is 53.2 Å². The lowest BCUT2D eigenvalue weighted by molar-refractivity contribution is -0.525. The van der Waals surface area contributed by atoms with Crippen LogP contribution in [0.25, 0.3) is 0 Å². The normalized spacial score (nSPS) is 18.4. The van der Waals surface area contributed by atoms with Crippen LogP contribution < -0.4 is 28.4 Å². The number of aliphatic carboxylic acids is 2. The average Bonchev–Trinajstić information content (AvgIpc) is 3.11. The molecule has 16 nitrogen and oxygen atoms in total. The van der Waals surface area contributed by atoms with Crippen LogP contribution in [0.1, 0.15) is 19.3 Å². The zero-order valence-electron chi connectivity index (χ0n) is 18.5. The van der Waals surface area contributed by atoms with Gasteiger partial charge in [0.05, 0.1) is 6.04 Å². The number of nitrogens with two attached hydrogens (primary N) is 4. The third-order valence-corrected chi connectivity index (χ3v) is 3.91. The van der Waals surface area contributed by atoms with Crippen molar-refractivity contribution in [1.29, 1.82) is 0 Å². The molecule has 0 aromatic rings. The van der Waals surface area contributed by atoms with Crippen LogP contribution in [0.15, 0.2) is 4.99 Å². The summed E-state index contributed by atoms with van der Waals surface area (Å²) in [6, 6.07) is -1.87. The Hall–Kier alpha value is -3.95. The van der Waals surface area contributed by atoms with E-state index in [4.69, 9.17) is 42.7 Å². The van der Waals surface area contributed by atoms with Gasteiger partial charge in [0.15, 0.2) is 5.03 Å². The lowest BCUT2D eigenvalue weighted by Gasteiger charge is -2.25. The monoisotopic (exact) mass is 558 g/mol. The smallest absolute Gasteiger partial charge is 0.475 e. The Balaban J connectivity index is 0. The highest BCUT2D eigenvalue weighted by Crippen LogP contribution is 2.18. The molecule has 0 aromatic carbocycles. The zero-order valence-corrected chi connectivity index (χ0v) is 18.5. The van der Waals surface area contributed by atoms with E-state index in [1.54, 1.807) is 5.43 Å². The van der Waals surface area contributed by atoms with Gasteiger partial charge in [-0.3, -0.25) is 9.59 Å². The lowest BCUT2D eigenvalue weighted by atomic mass is 10.1. The summed E-state index contributed by atoms with van der Waals surface area (Å²) in [4.78, 5) is 56.5. The minimum Gasteiger partial charge on any atom is -0.475 e. The molecule has 3 atom stereocenters. The number of hydrogen-bond acceptors (Lipinski definition) is 9. The predicted molar refractivity (Wildman–Crippen MR) is 108 cm³/mol. The first-order valence-electron chi connectivity index (χ1n) is 9.53. The molecule has 0 saturated carbocycles. The van der Waals surface area contributed by atoms with Crippen molar-refractivity contribution in [2.24, 2.45) is 27.9 Å². The van der Waals surface area contributed by atoms with Gasteiger partial charge in [-0.1, -0.05) is 5.43 Å². The number of nitro groups is 1.